The highest BCUT2D eigenvalue weighted by Crippen LogP contribution is 2.12. The van der Waals surface area contributed by atoms with Crippen LogP contribution in [0.2, 0.25) is 0 Å². The number of aryl methyl sites for hydroxylation is 2. The van der Waals surface area contributed by atoms with Crippen molar-refractivity contribution in [1.82, 2.24) is 0 Å². The molecule has 0 bridgehead atoms. The number of benzene rings is 1. The van der Waals surface area contributed by atoms with Gasteiger partial charge in [0.15, 0.2) is 0 Å². The summed E-state index contributed by atoms with van der Waals surface area (Å²) in [6, 6.07) is 7.93. The molecule has 0 saturated carbocycles. The molecule has 0 saturated heterocycles. The molecule has 0 unspecified atom stereocenters. The highest BCUT2D eigenvalue weighted by molar-refractivity contribution is 5.37. The lowest BCUT2D eigenvalue weighted by atomic mass is 10.0. The Morgan fingerprint density at radius 1 is 1.46 bits per heavy atom. The van der Waals surface area contributed by atoms with E-state index in [4.69, 9.17) is 11.0 Å². The van der Waals surface area contributed by atoms with E-state index in [1.165, 1.54) is 11.1 Å². The minimum atomic E-state index is 0.705. The molecule has 1 rings (SSSR count). The van der Waals surface area contributed by atoms with Crippen molar-refractivity contribution in [2.75, 3.05) is 6.54 Å². The van der Waals surface area contributed by atoms with Crippen LogP contribution < -0.4 is 5.73 Å². The summed E-state index contributed by atoms with van der Waals surface area (Å²) < 4.78 is 0. The van der Waals surface area contributed by atoms with Gasteiger partial charge in [0, 0.05) is 0 Å². The second-order valence-electron chi connectivity index (χ2n) is 3.15. The summed E-state index contributed by atoms with van der Waals surface area (Å²) in [6.07, 6.45) is 1.95. The minimum Gasteiger partial charge on any atom is -0.330 e. The molecule has 2 nitrogen and oxygen atoms in total. The first-order chi connectivity index (χ1) is 6.27. The summed E-state index contributed by atoms with van der Waals surface area (Å²) in [5, 5.41) is 8.70. The monoisotopic (exact) mass is 174 g/mol. The first-order valence-corrected chi connectivity index (χ1v) is 4.47. The van der Waals surface area contributed by atoms with Crippen LogP contribution >= 0.6 is 0 Å². The lowest BCUT2D eigenvalue weighted by Crippen LogP contribution is -2.01. The maximum absolute atomic E-state index is 8.70. The minimum absolute atomic E-state index is 0.705. The first-order valence-electron chi connectivity index (χ1n) is 4.47. The van der Waals surface area contributed by atoms with Gasteiger partial charge in [0.1, 0.15) is 0 Å². The van der Waals surface area contributed by atoms with Crippen LogP contribution in [0.5, 0.6) is 0 Å². The van der Waals surface area contributed by atoms with Gasteiger partial charge in [0.05, 0.1) is 11.6 Å². The maximum atomic E-state index is 8.70. The molecule has 0 aliphatic heterocycles. The molecule has 13 heavy (non-hydrogen) atoms. The Kier molecular flexibility index (Phi) is 3.48. The summed E-state index contributed by atoms with van der Waals surface area (Å²) in [5.74, 6) is 0. The van der Waals surface area contributed by atoms with Crippen molar-refractivity contribution >= 4 is 0 Å². The molecule has 0 spiro atoms. The van der Waals surface area contributed by atoms with Gasteiger partial charge < -0.3 is 5.73 Å². The van der Waals surface area contributed by atoms with Gasteiger partial charge in [0.2, 0.25) is 0 Å². The van der Waals surface area contributed by atoms with Crippen LogP contribution in [0.4, 0.5) is 0 Å². The molecule has 0 amide bonds. The highest BCUT2D eigenvalue weighted by Gasteiger charge is 1.99. The Morgan fingerprint density at radius 2 is 2.23 bits per heavy atom. The van der Waals surface area contributed by atoms with Crippen LogP contribution in [-0.2, 0) is 6.42 Å². The van der Waals surface area contributed by atoms with E-state index < -0.39 is 0 Å². The lowest BCUT2D eigenvalue weighted by Gasteiger charge is -2.04. The Hall–Kier alpha value is -1.33. The summed E-state index contributed by atoms with van der Waals surface area (Å²) in [5.41, 5.74) is 8.65. The Morgan fingerprint density at radius 3 is 2.85 bits per heavy atom. The summed E-state index contributed by atoms with van der Waals surface area (Å²) in [4.78, 5) is 0. The summed E-state index contributed by atoms with van der Waals surface area (Å²) in [6.45, 7) is 2.77. The zero-order chi connectivity index (χ0) is 9.68. The van der Waals surface area contributed by atoms with Gasteiger partial charge in [-0.25, -0.2) is 0 Å². The second kappa shape index (κ2) is 4.64. The average molecular weight is 174 g/mol. The van der Waals surface area contributed by atoms with Gasteiger partial charge in [-0.05, 0) is 49.6 Å². The van der Waals surface area contributed by atoms with Crippen LogP contribution in [0.15, 0.2) is 18.2 Å². The Bertz CT molecular complexity index is 323. The SMILES string of the molecule is Cc1ccc(C#N)cc1CCCN. The number of nitrogens with two attached hydrogens (primary N) is 1. The van der Waals surface area contributed by atoms with E-state index in [9.17, 15) is 0 Å². The number of nitriles is 1. The first kappa shape index (κ1) is 9.76. The van der Waals surface area contributed by atoms with E-state index in [-0.39, 0.29) is 0 Å². The van der Waals surface area contributed by atoms with Gasteiger partial charge in [0.25, 0.3) is 0 Å². The predicted molar refractivity (Wildman–Crippen MR) is 53.3 cm³/mol. The van der Waals surface area contributed by atoms with Crippen LogP contribution in [-0.4, -0.2) is 6.54 Å². The van der Waals surface area contributed by atoms with Crippen molar-refractivity contribution in [3.8, 4) is 6.07 Å². The normalized spacial score (nSPS) is 9.62. The molecule has 0 radical (unpaired) electrons. The molecule has 0 fully saturated rings. The molecule has 2 N–H and O–H groups in total. The molecule has 68 valence electrons. The van der Waals surface area contributed by atoms with Gasteiger partial charge in [-0.15, -0.1) is 0 Å². The van der Waals surface area contributed by atoms with E-state index in [2.05, 4.69) is 13.0 Å². The Labute approximate surface area is 79.0 Å². The smallest absolute Gasteiger partial charge is 0.0991 e. The highest BCUT2D eigenvalue weighted by atomic mass is 14.5. The molecule has 2 heteroatoms. The summed E-state index contributed by atoms with van der Waals surface area (Å²) >= 11 is 0. The zero-order valence-electron chi connectivity index (χ0n) is 7.88. The third-order valence-corrected chi connectivity index (χ3v) is 2.13. The number of rotatable bonds is 3. The molecule has 0 atom stereocenters. The van der Waals surface area contributed by atoms with Gasteiger partial charge >= 0.3 is 0 Å². The van der Waals surface area contributed by atoms with Gasteiger partial charge in [-0.1, -0.05) is 6.07 Å². The van der Waals surface area contributed by atoms with Crippen molar-refractivity contribution in [3.63, 3.8) is 0 Å². The van der Waals surface area contributed by atoms with Crippen molar-refractivity contribution in [1.29, 1.82) is 5.26 Å². The number of hydrogen-bond acceptors (Lipinski definition) is 2. The molecule has 0 aromatic heterocycles. The van der Waals surface area contributed by atoms with E-state index in [0.29, 0.717) is 6.54 Å². The van der Waals surface area contributed by atoms with E-state index in [1.54, 1.807) is 0 Å². The molecule has 1 aromatic rings. The molecule has 1 aromatic carbocycles. The molecule has 0 heterocycles. The fourth-order valence-corrected chi connectivity index (χ4v) is 1.30. The number of nitrogens with zero attached hydrogens (tertiary/aromatic N) is 1. The van der Waals surface area contributed by atoms with Crippen LogP contribution in [0.1, 0.15) is 23.1 Å². The van der Waals surface area contributed by atoms with E-state index in [1.807, 2.05) is 18.2 Å². The largest absolute Gasteiger partial charge is 0.330 e. The fourth-order valence-electron chi connectivity index (χ4n) is 1.30. The topological polar surface area (TPSA) is 49.8 Å². The molecular formula is C11H14N2. The van der Waals surface area contributed by atoms with Crippen molar-refractivity contribution in [2.24, 2.45) is 5.73 Å². The quantitative estimate of drug-likeness (QED) is 0.759. The van der Waals surface area contributed by atoms with Crippen molar-refractivity contribution < 1.29 is 0 Å². The van der Waals surface area contributed by atoms with E-state index >= 15 is 0 Å². The van der Waals surface area contributed by atoms with E-state index in [0.717, 1.165) is 18.4 Å². The maximum Gasteiger partial charge on any atom is 0.0991 e. The summed E-state index contributed by atoms with van der Waals surface area (Å²) in [7, 11) is 0. The van der Waals surface area contributed by atoms with Crippen molar-refractivity contribution in [2.45, 2.75) is 19.8 Å². The number of hydrogen-bond donors (Lipinski definition) is 1. The van der Waals surface area contributed by atoms with Gasteiger partial charge in [-0.2, -0.15) is 5.26 Å². The fraction of sp³-hybridized carbons (Fsp3) is 0.364. The van der Waals surface area contributed by atoms with Gasteiger partial charge in [-0.3, -0.25) is 0 Å². The van der Waals surface area contributed by atoms with Crippen LogP contribution in [0, 0.1) is 18.3 Å². The lowest BCUT2D eigenvalue weighted by molar-refractivity contribution is 0.827. The third-order valence-electron chi connectivity index (χ3n) is 2.13. The predicted octanol–water partition coefficient (Wildman–Crippen LogP) is 1.76. The average Bonchev–Trinajstić information content (AvgIpc) is 2.17. The second-order valence-corrected chi connectivity index (χ2v) is 3.15. The van der Waals surface area contributed by atoms with Crippen LogP contribution in [0.3, 0.4) is 0 Å². The standard InChI is InChI=1S/C11H14N2/c1-9-4-5-10(8-13)7-11(9)3-2-6-12/h4-5,7H,2-3,6,12H2,1H3. The molecular weight excluding hydrogens is 160 g/mol. The van der Waals surface area contributed by atoms with Crippen molar-refractivity contribution in [3.05, 3.63) is 34.9 Å². The zero-order valence-corrected chi connectivity index (χ0v) is 7.88. The van der Waals surface area contributed by atoms with Crippen LogP contribution in [0.25, 0.3) is 0 Å². The Balaban J connectivity index is 2.85. The third kappa shape index (κ3) is 2.57. The molecule has 0 aliphatic rings. The molecule has 0 aliphatic carbocycles.